The van der Waals surface area contributed by atoms with Crippen molar-refractivity contribution in [3.05, 3.63) is 22.4 Å². The largest absolute Gasteiger partial charge is 0.393 e. The van der Waals surface area contributed by atoms with E-state index in [0.717, 1.165) is 31.7 Å². The molecule has 96 valence electrons. The van der Waals surface area contributed by atoms with E-state index in [9.17, 15) is 5.11 Å². The molecule has 1 saturated carbocycles. The van der Waals surface area contributed by atoms with Gasteiger partial charge in [-0.1, -0.05) is 13.0 Å². The first kappa shape index (κ1) is 13.1. The minimum Gasteiger partial charge on any atom is -0.393 e. The molecule has 0 radical (unpaired) electrons. The second-order valence-corrected chi connectivity index (χ2v) is 6.04. The highest BCUT2D eigenvalue weighted by atomic mass is 32.1. The monoisotopic (exact) mass is 253 g/mol. The molecule has 17 heavy (non-hydrogen) atoms. The fourth-order valence-electron chi connectivity index (χ4n) is 2.59. The molecule has 1 aromatic rings. The van der Waals surface area contributed by atoms with Gasteiger partial charge < -0.3 is 10.4 Å². The number of aliphatic hydroxyl groups excluding tert-OH is 1. The Bertz CT molecular complexity index is 304. The zero-order valence-corrected chi connectivity index (χ0v) is 11.4. The maximum absolute atomic E-state index is 9.48. The van der Waals surface area contributed by atoms with E-state index in [-0.39, 0.29) is 6.10 Å². The van der Waals surface area contributed by atoms with Crippen molar-refractivity contribution in [2.45, 2.75) is 51.2 Å². The molecule has 2 N–H and O–H groups in total. The molecule has 0 bridgehead atoms. The van der Waals surface area contributed by atoms with Crippen LogP contribution in [0, 0.1) is 5.92 Å². The summed E-state index contributed by atoms with van der Waals surface area (Å²) in [6.45, 7) is 3.34. The molecule has 0 aliphatic heterocycles. The Balaban J connectivity index is 1.76. The third-order valence-electron chi connectivity index (χ3n) is 3.76. The lowest BCUT2D eigenvalue weighted by Gasteiger charge is -2.27. The third kappa shape index (κ3) is 3.80. The molecule has 0 spiro atoms. The summed E-state index contributed by atoms with van der Waals surface area (Å²) in [5, 5.41) is 15.3. The van der Waals surface area contributed by atoms with E-state index in [1.807, 2.05) is 11.3 Å². The van der Waals surface area contributed by atoms with E-state index in [4.69, 9.17) is 0 Å². The van der Waals surface area contributed by atoms with Crippen LogP contribution in [0.15, 0.2) is 17.5 Å². The summed E-state index contributed by atoms with van der Waals surface area (Å²) >= 11 is 1.84. The maximum atomic E-state index is 9.48. The maximum Gasteiger partial charge on any atom is 0.0540 e. The van der Waals surface area contributed by atoms with Gasteiger partial charge in [-0.3, -0.25) is 0 Å². The number of rotatable bonds is 5. The van der Waals surface area contributed by atoms with Crippen LogP contribution in [0.1, 0.15) is 49.9 Å². The SMILES string of the molecule is CCC(NCC1CCC(O)CC1)c1cccs1. The number of thiophene rings is 1. The fraction of sp³-hybridized carbons (Fsp3) is 0.714. The lowest BCUT2D eigenvalue weighted by Crippen LogP contribution is -2.30. The Hall–Kier alpha value is -0.380. The summed E-state index contributed by atoms with van der Waals surface area (Å²) in [5.41, 5.74) is 0. The Morgan fingerprint density at radius 1 is 1.41 bits per heavy atom. The number of hydrogen-bond donors (Lipinski definition) is 2. The van der Waals surface area contributed by atoms with Gasteiger partial charge in [0.05, 0.1) is 6.10 Å². The first-order chi connectivity index (χ1) is 8.29. The zero-order valence-electron chi connectivity index (χ0n) is 10.6. The van der Waals surface area contributed by atoms with Crippen LogP contribution in [0.25, 0.3) is 0 Å². The van der Waals surface area contributed by atoms with Gasteiger partial charge in [0.25, 0.3) is 0 Å². The first-order valence-electron chi connectivity index (χ1n) is 6.74. The van der Waals surface area contributed by atoms with Gasteiger partial charge in [0.2, 0.25) is 0 Å². The van der Waals surface area contributed by atoms with Crippen LogP contribution in [-0.2, 0) is 0 Å². The van der Waals surface area contributed by atoms with Gasteiger partial charge in [-0.05, 0) is 56.0 Å². The van der Waals surface area contributed by atoms with Crippen LogP contribution < -0.4 is 5.32 Å². The van der Waals surface area contributed by atoms with E-state index < -0.39 is 0 Å². The molecular formula is C14H23NOS. The lowest BCUT2D eigenvalue weighted by atomic mass is 9.87. The van der Waals surface area contributed by atoms with Crippen molar-refractivity contribution >= 4 is 11.3 Å². The molecule has 3 heteroatoms. The molecule has 1 aliphatic carbocycles. The molecule has 1 heterocycles. The third-order valence-corrected chi connectivity index (χ3v) is 4.75. The molecule has 0 amide bonds. The van der Waals surface area contributed by atoms with Gasteiger partial charge in [0, 0.05) is 10.9 Å². The summed E-state index contributed by atoms with van der Waals surface area (Å²) in [7, 11) is 0. The van der Waals surface area contributed by atoms with Gasteiger partial charge in [-0.15, -0.1) is 11.3 Å². The summed E-state index contributed by atoms with van der Waals surface area (Å²) < 4.78 is 0. The second-order valence-electron chi connectivity index (χ2n) is 5.06. The van der Waals surface area contributed by atoms with Crippen LogP contribution in [0.2, 0.25) is 0 Å². The Labute approximate surface area is 108 Å². The van der Waals surface area contributed by atoms with Crippen molar-refractivity contribution in [3.8, 4) is 0 Å². The lowest BCUT2D eigenvalue weighted by molar-refractivity contribution is 0.107. The van der Waals surface area contributed by atoms with Gasteiger partial charge >= 0.3 is 0 Å². The van der Waals surface area contributed by atoms with Crippen LogP contribution in [-0.4, -0.2) is 17.8 Å². The van der Waals surface area contributed by atoms with Gasteiger partial charge in [-0.25, -0.2) is 0 Å². The number of nitrogens with one attached hydrogen (secondary N) is 1. The quantitative estimate of drug-likeness (QED) is 0.843. The molecule has 0 aromatic carbocycles. The molecule has 0 saturated heterocycles. The number of aliphatic hydroxyl groups is 1. The minimum atomic E-state index is -0.0366. The van der Waals surface area contributed by atoms with Crippen molar-refractivity contribution < 1.29 is 5.11 Å². The van der Waals surface area contributed by atoms with Crippen LogP contribution >= 0.6 is 11.3 Å². The molecule has 1 unspecified atom stereocenters. The Morgan fingerprint density at radius 3 is 2.76 bits per heavy atom. The highest BCUT2D eigenvalue weighted by Gasteiger charge is 2.20. The summed E-state index contributed by atoms with van der Waals surface area (Å²) in [6, 6.07) is 4.86. The van der Waals surface area contributed by atoms with Crippen LogP contribution in [0.5, 0.6) is 0 Å². The standard InChI is InChI=1S/C14H23NOS/c1-2-13(14-4-3-9-17-14)15-10-11-5-7-12(16)8-6-11/h3-4,9,11-13,15-16H,2,5-8,10H2,1H3. The van der Waals surface area contributed by atoms with E-state index >= 15 is 0 Å². The highest BCUT2D eigenvalue weighted by Crippen LogP contribution is 2.26. The molecule has 1 atom stereocenters. The molecule has 2 nitrogen and oxygen atoms in total. The van der Waals surface area contributed by atoms with E-state index in [1.54, 1.807) is 0 Å². The van der Waals surface area contributed by atoms with Gasteiger partial charge in [0.15, 0.2) is 0 Å². The van der Waals surface area contributed by atoms with E-state index in [0.29, 0.717) is 6.04 Å². The molecule has 2 rings (SSSR count). The summed E-state index contributed by atoms with van der Waals surface area (Å²) in [5.74, 6) is 0.757. The Kier molecular flexibility index (Phi) is 5.01. The van der Waals surface area contributed by atoms with Gasteiger partial charge in [0.1, 0.15) is 0 Å². The Morgan fingerprint density at radius 2 is 2.18 bits per heavy atom. The van der Waals surface area contributed by atoms with Crippen molar-refractivity contribution in [3.63, 3.8) is 0 Å². The molecule has 1 fully saturated rings. The predicted molar refractivity (Wildman–Crippen MR) is 73.3 cm³/mol. The van der Waals surface area contributed by atoms with Crippen molar-refractivity contribution in [2.75, 3.05) is 6.54 Å². The van der Waals surface area contributed by atoms with Crippen molar-refractivity contribution in [1.82, 2.24) is 5.32 Å². The average molecular weight is 253 g/mol. The van der Waals surface area contributed by atoms with Crippen molar-refractivity contribution in [1.29, 1.82) is 0 Å². The predicted octanol–water partition coefficient (Wildman–Crippen LogP) is 3.34. The molecule has 1 aromatic heterocycles. The minimum absolute atomic E-state index is 0.0366. The van der Waals surface area contributed by atoms with Crippen molar-refractivity contribution in [2.24, 2.45) is 5.92 Å². The van der Waals surface area contributed by atoms with E-state index in [2.05, 4.69) is 29.8 Å². The molecule has 1 aliphatic rings. The topological polar surface area (TPSA) is 32.3 Å². The second kappa shape index (κ2) is 6.53. The number of hydrogen-bond acceptors (Lipinski definition) is 3. The average Bonchev–Trinajstić information content (AvgIpc) is 2.86. The van der Waals surface area contributed by atoms with Crippen LogP contribution in [0.3, 0.4) is 0 Å². The normalized spacial score (nSPS) is 26.9. The highest BCUT2D eigenvalue weighted by molar-refractivity contribution is 7.10. The molecular weight excluding hydrogens is 230 g/mol. The summed E-state index contributed by atoms with van der Waals surface area (Å²) in [6.07, 6.45) is 5.44. The van der Waals surface area contributed by atoms with Gasteiger partial charge in [-0.2, -0.15) is 0 Å². The van der Waals surface area contributed by atoms with E-state index in [1.165, 1.54) is 17.7 Å². The zero-order chi connectivity index (χ0) is 12.1. The smallest absolute Gasteiger partial charge is 0.0540 e. The fourth-order valence-corrected chi connectivity index (χ4v) is 3.48. The van der Waals surface area contributed by atoms with Crippen LogP contribution in [0.4, 0.5) is 0 Å². The first-order valence-corrected chi connectivity index (χ1v) is 7.62. The summed E-state index contributed by atoms with van der Waals surface area (Å²) in [4.78, 5) is 1.45.